The van der Waals surface area contributed by atoms with E-state index < -0.39 is 22.0 Å². The molecule has 0 spiro atoms. The van der Waals surface area contributed by atoms with Crippen molar-refractivity contribution in [2.24, 2.45) is 0 Å². The molecule has 1 aliphatic carbocycles. The van der Waals surface area contributed by atoms with E-state index in [1.165, 1.54) is 13.5 Å². The number of nitrogens with zero attached hydrogens (tertiary/aromatic N) is 2. The normalized spacial score (nSPS) is 15.5. The zero-order valence-corrected chi connectivity index (χ0v) is 22.7. The zero-order chi connectivity index (χ0) is 26.3. The van der Waals surface area contributed by atoms with Crippen LogP contribution in [-0.4, -0.2) is 55.1 Å². The largest absolute Gasteiger partial charge is 0.352 e. The van der Waals surface area contributed by atoms with E-state index in [4.69, 9.17) is 0 Å². The second kappa shape index (κ2) is 12.5. The van der Waals surface area contributed by atoms with E-state index in [0.717, 1.165) is 46.7 Å². The van der Waals surface area contributed by atoms with E-state index in [0.29, 0.717) is 6.42 Å². The Morgan fingerprint density at radius 2 is 1.64 bits per heavy atom. The lowest BCUT2D eigenvalue weighted by Crippen LogP contribution is -2.53. The van der Waals surface area contributed by atoms with E-state index in [2.05, 4.69) is 5.32 Å². The molecule has 8 heteroatoms. The first kappa shape index (κ1) is 27.9. The number of hydrogen-bond donors (Lipinski definition) is 1. The van der Waals surface area contributed by atoms with Gasteiger partial charge in [0.15, 0.2) is 0 Å². The van der Waals surface area contributed by atoms with Crippen molar-refractivity contribution in [3.8, 4) is 0 Å². The van der Waals surface area contributed by atoms with Crippen molar-refractivity contribution in [2.45, 2.75) is 82.8 Å². The molecule has 1 fully saturated rings. The summed E-state index contributed by atoms with van der Waals surface area (Å²) >= 11 is 0. The van der Waals surface area contributed by atoms with Crippen LogP contribution in [0, 0.1) is 13.8 Å². The summed E-state index contributed by atoms with van der Waals surface area (Å²) in [6.45, 7) is 5.62. The summed E-state index contributed by atoms with van der Waals surface area (Å²) in [5.74, 6) is -0.572. The van der Waals surface area contributed by atoms with Crippen molar-refractivity contribution in [2.75, 3.05) is 13.6 Å². The molecule has 1 saturated carbocycles. The number of benzene rings is 2. The predicted octanol–water partition coefficient (Wildman–Crippen LogP) is 4.18. The maximum absolute atomic E-state index is 13.6. The summed E-state index contributed by atoms with van der Waals surface area (Å²) in [7, 11) is -2.45. The first-order valence-corrected chi connectivity index (χ1v) is 14.2. The fourth-order valence-electron chi connectivity index (χ4n) is 4.69. The van der Waals surface area contributed by atoms with Gasteiger partial charge in [0.1, 0.15) is 6.04 Å². The van der Waals surface area contributed by atoms with E-state index in [9.17, 15) is 18.0 Å². The lowest BCUT2D eigenvalue weighted by Gasteiger charge is -2.34. The lowest BCUT2D eigenvalue weighted by molar-refractivity contribution is -0.141. The number of aryl methyl sites for hydroxylation is 2. The molecule has 2 aromatic rings. The smallest absolute Gasteiger partial charge is 0.243 e. The first-order valence-electron chi connectivity index (χ1n) is 12.8. The van der Waals surface area contributed by atoms with Gasteiger partial charge in [-0.1, -0.05) is 68.1 Å². The van der Waals surface area contributed by atoms with Gasteiger partial charge < -0.3 is 10.2 Å². The Labute approximate surface area is 215 Å². The van der Waals surface area contributed by atoms with Crippen LogP contribution in [0.2, 0.25) is 0 Å². The Balaban J connectivity index is 1.84. The van der Waals surface area contributed by atoms with Gasteiger partial charge in [0, 0.05) is 19.6 Å². The molecule has 196 valence electrons. The van der Waals surface area contributed by atoms with Crippen molar-refractivity contribution in [3.05, 3.63) is 65.2 Å². The van der Waals surface area contributed by atoms with Gasteiger partial charge in [-0.2, -0.15) is 4.31 Å². The minimum atomic E-state index is -3.86. The van der Waals surface area contributed by atoms with Crippen LogP contribution in [0.15, 0.2) is 53.4 Å². The maximum atomic E-state index is 13.6. The van der Waals surface area contributed by atoms with Crippen LogP contribution < -0.4 is 5.32 Å². The van der Waals surface area contributed by atoms with Crippen molar-refractivity contribution >= 4 is 21.8 Å². The number of carbonyl (C=O) groups excluding carboxylic acids is 2. The number of likely N-dealkylation sites (N-methyl/N-ethyl adjacent to an activating group) is 1. The summed E-state index contributed by atoms with van der Waals surface area (Å²) in [6.07, 6.45) is 5.70. The summed E-state index contributed by atoms with van der Waals surface area (Å²) in [5, 5.41) is 3.16. The molecule has 3 rings (SSSR count). The standard InChI is InChI=1S/C28H39N3O4S/c1-5-26(28(33)29-24-13-7-6-8-14-24)31(19-23-12-10-9-11-22(23)3)27(32)20-30(4)36(34,35)25-17-15-21(2)16-18-25/h9-12,15-18,24,26H,5-8,13-14,19-20H2,1-4H3,(H,29,33). The fraction of sp³-hybridized carbons (Fsp3) is 0.500. The highest BCUT2D eigenvalue weighted by Gasteiger charge is 2.33. The van der Waals surface area contributed by atoms with Gasteiger partial charge in [-0.05, 0) is 56.4 Å². The Morgan fingerprint density at radius 1 is 1.00 bits per heavy atom. The van der Waals surface area contributed by atoms with Crippen molar-refractivity contribution in [3.63, 3.8) is 0 Å². The highest BCUT2D eigenvalue weighted by Crippen LogP contribution is 2.21. The summed E-state index contributed by atoms with van der Waals surface area (Å²) in [6, 6.07) is 13.7. The van der Waals surface area contributed by atoms with E-state index in [-0.39, 0.29) is 29.9 Å². The molecule has 7 nitrogen and oxygen atoms in total. The topological polar surface area (TPSA) is 86.8 Å². The molecule has 1 atom stereocenters. The maximum Gasteiger partial charge on any atom is 0.243 e. The third-order valence-corrected chi connectivity index (χ3v) is 8.84. The Kier molecular flexibility index (Phi) is 9.68. The molecular weight excluding hydrogens is 474 g/mol. The average molecular weight is 514 g/mol. The minimum absolute atomic E-state index is 0.125. The molecule has 0 heterocycles. The minimum Gasteiger partial charge on any atom is -0.352 e. The van der Waals surface area contributed by atoms with Crippen molar-refractivity contribution < 1.29 is 18.0 Å². The molecule has 0 aliphatic heterocycles. The van der Waals surface area contributed by atoms with Crippen LogP contribution >= 0.6 is 0 Å². The van der Waals surface area contributed by atoms with Gasteiger partial charge in [0.25, 0.3) is 0 Å². The highest BCUT2D eigenvalue weighted by molar-refractivity contribution is 7.89. The van der Waals surface area contributed by atoms with Crippen LogP contribution in [0.5, 0.6) is 0 Å². The number of amides is 2. The monoisotopic (exact) mass is 513 g/mol. The molecule has 0 aromatic heterocycles. The molecule has 1 aliphatic rings. The third kappa shape index (κ3) is 6.95. The summed E-state index contributed by atoms with van der Waals surface area (Å²) < 4.78 is 27.3. The van der Waals surface area contributed by atoms with Crippen LogP contribution in [0.25, 0.3) is 0 Å². The van der Waals surface area contributed by atoms with Crippen LogP contribution in [0.4, 0.5) is 0 Å². The lowest BCUT2D eigenvalue weighted by atomic mass is 9.95. The van der Waals surface area contributed by atoms with Gasteiger partial charge in [0.05, 0.1) is 11.4 Å². The van der Waals surface area contributed by atoms with E-state index in [1.54, 1.807) is 29.2 Å². The first-order chi connectivity index (χ1) is 17.1. The van der Waals surface area contributed by atoms with E-state index >= 15 is 0 Å². The Bertz CT molecular complexity index is 1140. The van der Waals surface area contributed by atoms with Gasteiger partial charge in [0.2, 0.25) is 21.8 Å². The predicted molar refractivity (Wildman–Crippen MR) is 142 cm³/mol. The number of rotatable bonds is 10. The van der Waals surface area contributed by atoms with E-state index in [1.807, 2.05) is 45.0 Å². The van der Waals surface area contributed by atoms with Gasteiger partial charge in [-0.15, -0.1) is 0 Å². The molecule has 0 radical (unpaired) electrons. The summed E-state index contributed by atoms with van der Waals surface area (Å²) in [4.78, 5) is 28.7. The number of sulfonamides is 1. The molecule has 1 N–H and O–H groups in total. The van der Waals surface area contributed by atoms with Crippen LogP contribution in [-0.2, 0) is 26.2 Å². The summed E-state index contributed by atoms with van der Waals surface area (Å²) in [5.41, 5.74) is 2.89. The number of nitrogens with one attached hydrogen (secondary N) is 1. The number of carbonyl (C=O) groups is 2. The second-order valence-electron chi connectivity index (χ2n) is 9.79. The second-order valence-corrected chi connectivity index (χ2v) is 11.8. The highest BCUT2D eigenvalue weighted by atomic mass is 32.2. The Morgan fingerprint density at radius 3 is 2.25 bits per heavy atom. The van der Waals surface area contributed by atoms with Crippen molar-refractivity contribution in [1.29, 1.82) is 0 Å². The van der Waals surface area contributed by atoms with Crippen LogP contribution in [0.1, 0.15) is 62.1 Å². The third-order valence-electron chi connectivity index (χ3n) is 7.03. The molecule has 0 bridgehead atoms. The number of hydrogen-bond acceptors (Lipinski definition) is 4. The van der Waals surface area contributed by atoms with Crippen molar-refractivity contribution in [1.82, 2.24) is 14.5 Å². The molecule has 2 aromatic carbocycles. The van der Waals surface area contributed by atoms with Gasteiger partial charge in [-0.3, -0.25) is 9.59 Å². The SMILES string of the molecule is CCC(C(=O)NC1CCCCC1)N(Cc1ccccc1C)C(=O)CN(C)S(=O)(=O)c1ccc(C)cc1. The molecule has 1 unspecified atom stereocenters. The fourth-order valence-corrected chi connectivity index (χ4v) is 5.81. The molecular formula is C28H39N3O4S. The molecule has 2 amide bonds. The van der Waals surface area contributed by atoms with Gasteiger partial charge in [-0.25, -0.2) is 8.42 Å². The quantitative estimate of drug-likeness (QED) is 0.516. The zero-order valence-electron chi connectivity index (χ0n) is 21.9. The Hall–Kier alpha value is -2.71. The average Bonchev–Trinajstić information content (AvgIpc) is 2.85. The van der Waals surface area contributed by atoms with Gasteiger partial charge >= 0.3 is 0 Å². The van der Waals surface area contributed by atoms with Crippen LogP contribution in [0.3, 0.4) is 0 Å². The molecule has 0 saturated heterocycles. The molecule has 36 heavy (non-hydrogen) atoms.